The maximum absolute atomic E-state index is 12.8. The third kappa shape index (κ3) is 3.10. The lowest BCUT2D eigenvalue weighted by Gasteiger charge is -2.12. The molecule has 2 rings (SSSR count). The molecule has 1 unspecified atom stereocenters. The van der Waals surface area contributed by atoms with Crippen LogP contribution in [0.1, 0.15) is 24.0 Å². The third-order valence-electron chi connectivity index (χ3n) is 3.14. The summed E-state index contributed by atoms with van der Waals surface area (Å²) in [6, 6.07) is 14.8. The molecule has 1 nitrogen and oxygen atoms in total. The summed E-state index contributed by atoms with van der Waals surface area (Å²) in [5.41, 5.74) is 2.42. The van der Waals surface area contributed by atoms with Gasteiger partial charge < -0.3 is 4.74 Å². The lowest BCUT2D eigenvalue weighted by atomic mass is 9.94. The van der Waals surface area contributed by atoms with E-state index in [0.717, 1.165) is 17.7 Å². The van der Waals surface area contributed by atoms with E-state index in [9.17, 15) is 4.39 Å². The maximum atomic E-state index is 12.8. The Morgan fingerprint density at radius 2 is 1.61 bits per heavy atom. The average molecular weight is 244 g/mol. The van der Waals surface area contributed by atoms with Crippen LogP contribution in [0.25, 0.3) is 0 Å². The molecule has 2 aromatic carbocycles. The topological polar surface area (TPSA) is 9.23 Å². The van der Waals surface area contributed by atoms with Crippen LogP contribution in [0.5, 0.6) is 5.75 Å². The zero-order valence-electron chi connectivity index (χ0n) is 10.7. The van der Waals surface area contributed by atoms with E-state index in [4.69, 9.17) is 4.74 Å². The molecular weight excluding hydrogens is 227 g/mol. The van der Waals surface area contributed by atoms with Gasteiger partial charge in [0.2, 0.25) is 0 Å². The highest BCUT2D eigenvalue weighted by molar-refractivity contribution is 5.30. The fourth-order valence-corrected chi connectivity index (χ4v) is 2.02. The summed E-state index contributed by atoms with van der Waals surface area (Å²) in [5, 5.41) is 0. The highest BCUT2D eigenvalue weighted by atomic mass is 19.1. The predicted molar refractivity (Wildman–Crippen MR) is 71.5 cm³/mol. The minimum atomic E-state index is -0.184. The summed E-state index contributed by atoms with van der Waals surface area (Å²) in [5.74, 6) is 1.09. The van der Waals surface area contributed by atoms with Gasteiger partial charge in [-0.05, 0) is 47.7 Å². The van der Waals surface area contributed by atoms with Crippen LogP contribution in [0.2, 0.25) is 0 Å². The van der Waals surface area contributed by atoms with Gasteiger partial charge in [0.05, 0.1) is 7.11 Å². The van der Waals surface area contributed by atoms with Gasteiger partial charge in [0, 0.05) is 0 Å². The molecule has 18 heavy (non-hydrogen) atoms. The van der Waals surface area contributed by atoms with Crippen molar-refractivity contribution in [2.75, 3.05) is 7.11 Å². The van der Waals surface area contributed by atoms with Gasteiger partial charge in [0.1, 0.15) is 11.6 Å². The molecule has 0 aliphatic rings. The maximum Gasteiger partial charge on any atom is 0.123 e. The Morgan fingerprint density at radius 1 is 1.00 bits per heavy atom. The summed E-state index contributed by atoms with van der Waals surface area (Å²) >= 11 is 0. The molecule has 0 saturated heterocycles. The van der Waals surface area contributed by atoms with E-state index >= 15 is 0 Å². The molecule has 0 fully saturated rings. The first kappa shape index (κ1) is 12.6. The first-order valence-electron chi connectivity index (χ1n) is 6.07. The van der Waals surface area contributed by atoms with Crippen LogP contribution in [-0.2, 0) is 6.42 Å². The van der Waals surface area contributed by atoms with Gasteiger partial charge >= 0.3 is 0 Å². The van der Waals surface area contributed by atoms with Crippen molar-refractivity contribution in [3.05, 3.63) is 65.5 Å². The molecule has 0 saturated carbocycles. The van der Waals surface area contributed by atoms with E-state index < -0.39 is 0 Å². The Morgan fingerprint density at radius 3 is 2.17 bits per heavy atom. The van der Waals surface area contributed by atoms with Crippen LogP contribution >= 0.6 is 0 Å². The molecule has 1 atom stereocenters. The largest absolute Gasteiger partial charge is 0.497 e. The molecule has 0 aliphatic heterocycles. The van der Waals surface area contributed by atoms with Crippen LogP contribution in [0.15, 0.2) is 48.5 Å². The monoisotopic (exact) mass is 244 g/mol. The number of hydrogen-bond acceptors (Lipinski definition) is 1. The Kier molecular flexibility index (Phi) is 3.98. The van der Waals surface area contributed by atoms with Crippen molar-refractivity contribution in [3.63, 3.8) is 0 Å². The standard InChI is InChI=1S/C16H17FO/c1-12(11-13-3-7-15(17)8-4-13)14-5-9-16(18-2)10-6-14/h3-10,12H,11H2,1-2H3. The van der Waals surface area contributed by atoms with Crippen molar-refractivity contribution in [2.24, 2.45) is 0 Å². The molecule has 0 aromatic heterocycles. The Labute approximate surface area is 107 Å². The van der Waals surface area contributed by atoms with Crippen LogP contribution in [0, 0.1) is 5.82 Å². The zero-order valence-corrected chi connectivity index (χ0v) is 10.7. The lowest BCUT2D eigenvalue weighted by molar-refractivity contribution is 0.414. The van der Waals surface area contributed by atoms with Crippen LogP contribution in [0.3, 0.4) is 0 Å². The second-order valence-corrected chi connectivity index (χ2v) is 4.50. The molecule has 2 heteroatoms. The second-order valence-electron chi connectivity index (χ2n) is 4.50. The van der Waals surface area contributed by atoms with Gasteiger partial charge in [0.15, 0.2) is 0 Å². The van der Waals surface area contributed by atoms with E-state index in [2.05, 4.69) is 19.1 Å². The van der Waals surface area contributed by atoms with Crippen molar-refractivity contribution < 1.29 is 9.13 Å². The normalized spacial score (nSPS) is 12.2. The molecular formula is C16H17FO. The predicted octanol–water partition coefficient (Wildman–Crippen LogP) is 4.18. The molecule has 0 N–H and O–H groups in total. The van der Waals surface area contributed by atoms with Crippen LogP contribution < -0.4 is 4.74 Å². The van der Waals surface area contributed by atoms with Crippen molar-refractivity contribution in [3.8, 4) is 5.75 Å². The van der Waals surface area contributed by atoms with E-state index in [-0.39, 0.29) is 5.82 Å². The smallest absolute Gasteiger partial charge is 0.123 e. The van der Waals surface area contributed by atoms with Gasteiger partial charge in [-0.25, -0.2) is 4.39 Å². The molecule has 0 amide bonds. The average Bonchev–Trinajstić information content (AvgIpc) is 2.41. The number of hydrogen-bond donors (Lipinski definition) is 0. The summed E-state index contributed by atoms with van der Waals surface area (Å²) < 4.78 is 18.0. The summed E-state index contributed by atoms with van der Waals surface area (Å²) in [4.78, 5) is 0. The number of ether oxygens (including phenoxy) is 1. The van der Waals surface area contributed by atoms with E-state index in [1.807, 2.05) is 24.3 Å². The first-order valence-corrected chi connectivity index (χ1v) is 6.07. The number of halogens is 1. The van der Waals surface area contributed by atoms with E-state index in [1.165, 1.54) is 17.7 Å². The summed E-state index contributed by atoms with van der Waals surface area (Å²) in [6.45, 7) is 2.17. The Balaban J connectivity index is 2.06. The Hall–Kier alpha value is -1.83. The van der Waals surface area contributed by atoms with Gasteiger partial charge in [-0.1, -0.05) is 31.2 Å². The fourth-order valence-electron chi connectivity index (χ4n) is 2.02. The lowest BCUT2D eigenvalue weighted by Crippen LogP contribution is -1.98. The van der Waals surface area contributed by atoms with Gasteiger partial charge in [-0.15, -0.1) is 0 Å². The zero-order chi connectivity index (χ0) is 13.0. The molecule has 94 valence electrons. The second kappa shape index (κ2) is 5.67. The molecule has 0 bridgehead atoms. The van der Waals surface area contributed by atoms with E-state index in [0.29, 0.717) is 5.92 Å². The SMILES string of the molecule is COc1ccc(C(C)Cc2ccc(F)cc2)cc1. The number of benzene rings is 2. The van der Waals surface area contributed by atoms with Crippen LogP contribution in [-0.4, -0.2) is 7.11 Å². The Bertz CT molecular complexity index is 488. The molecule has 0 aliphatic carbocycles. The minimum Gasteiger partial charge on any atom is -0.497 e. The summed E-state index contributed by atoms with van der Waals surface area (Å²) in [6.07, 6.45) is 0.909. The first-order chi connectivity index (χ1) is 8.69. The van der Waals surface area contributed by atoms with Crippen molar-refractivity contribution in [1.82, 2.24) is 0 Å². The molecule has 0 heterocycles. The quantitative estimate of drug-likeness (QED) is 0.784. The molecule has 0 spiro atoms. The van der Waals surface area contributed by atoms with Crippen molar-refractivity contribution in [1.29, 1.82) is 0 Å². The van der Waals surface area contributed by atoms with Crippen molar-refractivity contribution >= 4 is 0 Å². The van der Waals surface area contributed by atoms with Crippen molar-refractivity contribution in [2.45, 2.75) is 19.3 Å². The molecule has 2 aromatic rings. The highest BCUT2D eigenvalue weighted by Crippen LogP contribution is 2.22. The minimum absolute atomic E-state index is 0.184. The number of methoxy groups -OCH3 is 1. The fraction of sp³-hybridized carbons (Fsp3) is 0.250. The van der Waals surface area contributed by atoms with E-state index in [1.54, 1.807) is 7.11 Å². The highest BCUT2D eigenvalue weighted by Gasteiger charge is 2.07. The third-order valence-corrected chi connectivity index (χ3v) is 3.14. The molecule has 0 radical (unpaired) electrons. The number of rotatable bonds is 4. The van der Waals surface area contributed by atoms with Gasteiger partial charge in [-0.2, -0.15) is 0 Å². The summed E-state index contributed by atoms with van der Waals surface area (Å²) in [7, 11) is 1.66. The van der Waals surface area contributed by atoms with Crippen LogP contribution in [0.4, 0.5) is 4.39 Å². The van der Waals surface area contributed by atoms with Gasteiger partial charge in [0.25, 0.3) is 0 Å². The van der Waals surface area contributed by atoms with Gasteiger partial charge in [-0.3, -0.25) is 0 Å².